The Morgan fingerprint density at radius 2 is 1.73 bits per heavy atom. The van der Waals surface area contributed by atoms with E-state index in [1.807, 2.05) is 0 Å². The molecule has 156 valence electrons. The number of unbranched alkanes of at least 4 members (excludes halogenated alkanes) is 3. The lowest BCUT2D eigenvalue weighted by molar-refractivity contribution is 0.0656. The zero-order chi connectivity index (χ0) is 20.6. The largest absolute Gasteiger partial charge is 0.386 e. The van der Waals surface area contributed by atoms with E-state index < -0.39 is 0 Å². The molecule has 2 aliphatic carbocycles. The van der Waals surface area contributed by atoms with E-state index in [9.17, 15) is 0 Å². The first kappa shape index (κ1) is 20.8. The SMILES string of the molecule is CCCCCCNC(COC1Cc2ccccc2C#Cc2ccccc21)=C1CCC1. The molecule has 1 unspecified atom stereocenters. The summed E-state index contributed by atoms with van der Waals surface area (Å²) in [6.07, 6.45) is 9.78. The molecule has 4 rings (SSSR count). The standard InChI is InChI=1S/C28H33NO/c1-2-3-4-9-19-29-27(24-14-10-15-24)21-30-28-20-25-13-6-5-11-22(25)17-18-23-12-7-8-16-26(23)28/h5-8,11-13,16,28-29H,2-4,9-10,14-15,19-21H2,1H3. The molecule has 1 saturated carbocycles. The van der Waals surface area contributed by atoms with Crippen molar-refractivity contribution in [1.82, 2.24) is 5.32 Å². The van der Waals surface area contributed by atoms with Crippen molar-refractivity contribution in [3.63, 3.8) is 0 Å². The molecule has 1 N–H and O–H groups in total. The Balaban J connectivity index is 1.49. The Labute approximate surface area is 181 Å². The van der Waals surface area contributed by atoms with E-state index in [4.69, 9.17) is 4.74 Å². The van der Waals surface area contributed by atoms with Crippen molar-refractivity contribution in [2.45, 2.75) is 64.4 Å². The number of nitrogens with one attached hydrogen (secondary N) is 1. The van der Waals surface area contributed by atoms with E-state index >= 15 is 0 Å². The molecule has 2 heteroatoms. The first-order valence-corrected chi connectivity index (χ1v) is 11.6. The van der Waals surface area contributed by atoms with Gasteiger partial charge in [0.2, 0.25) is 0 Å². The van der Waals surface area contributed by atoms with Gasteiger partial charge in [0.1, 0.15) is 0 Å². The van der Waals surface area contributed by atoms with E-state index in [2.05, 4.69) is 72.6 Å². The zero-order valence-electron chi connectivity index (χ0n) is 18.2. The van der Waals surface area contributed by atoms with Crippen LogP contribution in [0.5, 0.6) is 0 Å². The van der Waals surface area contributed by atoms with Crippen LogP contribution in [0.25, 0.3) is 0 Å². The molecule has 1 fully saturated rings. The molecule has 1 atom stereocenters. The smallest absolute Gasteiger partial charge is 0.0883 e. The lowest BCUT2D eigenvalue weighted by Gasteiger charge is -2.27. The minimum atomic E-state index is 0.0227. The number of ether oxygens (including phenoxy) is 1. The molecule has 2 aliphatic rings. The molecule has 0 aromatic heterocycles. The van der Waals surface area contributed by atoms with Crippen molar-refractivity contribution >= 4 is 0 Å². The summed E-state index contributed by atoms with van der Waals surface area (Å²) in [4.78, 5) is 0. The summed E-state index contributed by atoms with van der Waals surface area (Å²) in [5.41, 5.74) is 7.58. The molecule has 0 heterocycles. The fourth-order valence-corrected chi connectivity index (χ4v) is 4.21. The number of hydrogen-bond donors (Lipinski definition) is 1. The number of allylic oxidation sites excluding steroid dienone is 1. The molecule has 2 aromatic carbocycles. The van der Waals surface area contributed by atoms with E-state index in [1.54, 1.807) is 5.57 Å². The first-order chi connectivity index (χ1) is 14.8. The summed E-state index contributed by atoms with van der Waals surface area (Å²) in [5.74, 6) is 6.74. The molecule has 0 bridgehead atoms. The monoisotopic (exact) mass is 399 g/mol. The van der Waals surface area contributed by atoms with Gasteiger partial charge in [-0.15, -0.1) is 0 Å². The molecule has 0 aliphatic heterocycles. The number of rotatable bonds is 9. The molecule has 0 saturated heterocycles. The van der Waals surface area contributed by atoms with E-state index in [1.165, 1.54) is 61.8 Å². The highest BCUT2D eigenvalue weighted by molar-refractivity contribution is 5.52. The van der Waals surface area contributed by atoms with Gasteiger partial charge in [0.15, 0.2) is 0 Å². The van der Waals surface area contributed by atoms with Gasteiger partial charge >= 0.3 is 0 Å². The summed E-state index contributed by atoms with van der Waals surface area (Å²) in [7, 11) is 0. The normalized spacial score (nSPS) is 16.8. The third-order valence-corrected chi connectivity index (χ3v) is 6.24. The molecular formula is C28H33NO. The highest BCUT2D eigenvalue weighted by Crippen LogP contribution is 2.31. The summed E-state index contributed by atoms with van der Waals surface area (Å²) in [6, 6.07) is 16.9. The molecule has 30 heavy (non-hydrogen) atoms. The van der Waals surface area contributed by atoms with E-state index in [0.717, 1.165) is 24.1 Å². The van der Waals surface area contributed by atoms with E-state index in [-0.39, 0.29) is 6.10 Å². The van der Waals surface area contributed by atoms with Crippen molar-refractivity contribution in [3.05, 3.63) is 82.1 Å². The van der Waals surface area contributed by atoms with E-state index in [0.29, 0.717) is 6.61 Å². The quantitative estimate of drug-likeness (QED) is 0.394. The Hall–Kier alpha value is -2.50. The van der Waals surface area contributed by atoms with Crippen LogP contribution >= 0.6 is 0 Å². The maximum atomic E-state index is 6.61. The minimum absolute atomic E-state index is 0.0227. The van der Waals surface area contributed by atoms with Gasteiger partial charge in [0.25, 0.3) is 0 Å². The van der Waals surface area contributed by atoms with Crippen LogP contribution in [0.1, 0.15) is 80.2 Å². The van der Waals surface area contributed by atoms with Gasteiger partial charge in [0.05, 0.1) is 12.7 Å². The summed E-state index contributed by atoms with van der Waals surface area (Å²) < 4.78 is 6.61. The van der Waals surface area contributed by atoms with Crippen LogP contribution in [-0.2, 0) is 11.2 Å². The number of hydrogen-bond acceptors (Lipinski definition) is 2. The molecular weight excluding hydrogens is 366 g/mol. The predicted octanol–water partition coefficient (Wildman–Crippen LogP) is 6.31. The van der Waals surface area contributed by atoms with Gasteiger partial charge in [-0.2, -0.15) is 0 Å². The van der Waals surface area contributed by atoms with Gasteiger partial charge in [-0.05, 0) is 54.5 Å². The number of benzene rings is 2. The lowest BCUT2D eigenvalue weighted by atomic mass is 9.90. The molecule has 0 spiro atoms. The van der Waals surface area contributed by atoms with Crippen molar-refractivity contribution in [2.24, 2.45) is 0 Å². The summed E-state index contributed by atoms with van der Waals surface area (Å²) in [6.45, 7) is 3.98. The second-order valence-electron chi connectivity index (χ2n) is 8.42. The van der Waals surface area contributed by atoms with Crippen LogP contribution in [0.2, 0.25) is 0 Å². The van der Waals surface area contributed by atoms with Crippen LogP contribution in [0.15, 0.2) is 59.8 Å². The maximum Gasteiger partial charge on any atom is 0.0883 e. The highest BCUT2D eigenvalue weighted by atomic mass is 16.5. The average Bonchev–Trinajstić information content (AvgIpc) is 2.73. The van der Waals surface area contributed by atoms with Crippen LogP contribution < -0.4 is 5.32 Å². The van der Waals surface area contributed by atoms with Crippen LogP contribution in [0.3, 0.4) is 0 Å². The molecule has 0 amide bonds. The maximum absolute atomic E-state index is 6.61. The second kappa shape index (κ2) is 10.5. The predicted molar refractivity (Wildman–Crippen MR) is 124 cm³/mol. The lowest BCUT2D eigenvalue weighted by Crippen LogP contribution is -2.24. The van der Waals surface area contributed by atoms with Gasteiger partial charge < -0.3 is 10.1 Å². The van der Waals surface area contributed by atoms with Gasteiger partial charge in [-0.1, -0.05) is 74.4 Å². The highest BCUT2D eigenvalue weighted by Gasteiger charge is 2.21. The fourth-order valence-electron chi connectivity index (χ4n) is 4.21. The third-order valence-electron chi connectivity index (χ3n) is 6.24. The third kappa shape index (κ3) is 5.15. The Morgan fingerprint density at radius 3 is 2.53 bits per heavy atom. The minimum Gasteiger partial charge on any atom is -0.386 e. The Bertz CT molecular complexity index is 940. The van der Waals surface area contributed by atoms with Crippen LogP contribution in [0.4, 0.5) is 0 Å². The van der Waals surface area contributed by atoms with Crippen molar-refractivity contribution in [1.29, 1.82) is 0 Å². The Morgan fingerprint density at radius 1 is 0.967 bits per heavy atom. The van der Waals surface area contributed by atoms with Crippen molar-refractivity contribution in [3.8, 4) is 11.8 Å². The average molecular weight is 400 g/mol. The Kier molecular flexibility index (Phi) is 7.27. The van der Waals surface area contributed by atoms with Crippen molar-refractivity contribution in [2.75, 3.05) is 13.2 Å². The summed E-state index contributed by atoms with van der Waals surface area (Å²) in [5, 5.41) is 3.72. The van der Waals surface area contributed by atoms with Crippen LogP contribution in [0, 0.1) is 11.8 Å². The molecule has 2 nitrogen and oxygen atoms in total. The van der Waals surface area contributed by atoms with Gasteiger partial charge in [-0.3, -0.25) is 0 Å². The molecule has 0 radical (unpaired) electrons. The van der Waals surface area contributed by atoms with Crippen LogP contribution in [-0.4, -0.2) is 13.2 Å². The topological polar surface area (TPSA) is 21.3 Å². The van der Waals surface area contributed by atoms with Crippen molar-refractivity contribution < 1.29 is 4.74 Å². The first-order valence-electron chi connectivity index (χ1n) is 11.6. The van der Waals surface area contributed by atoms with Gasteiger partial charge in [-0.25, -0.2) is 0 Å². The summed E-state index contributed by atoms with van der Waals surface area (Å²) >= 11 is 0. The zero-order valence-corrected chi connectivity index (χ0v) is 18.2. The number of fused-ring (bicyclic) bond motifs is 2. The molecule has 2 aromatic rings. The fraction of sp³-hybridized carbons (Fsp3) is 0.429. The van der Waals surface area contributed by atoms with Gasteiger partial charge in [0, 0.05) is 29.8 Å². The second-order valence-corrected chi connectivity index (χ2v) is 8.42.